The first-order valence-electron chi connectivity index (χ1n) is 9.86. The maximum Gasteiger partial charge on any atom is 0.295 e. The number of ketones is 1. The highest BCUT2D eigenvalue weighted by molar-refractivity contribution is 9.10. The number of H-pyrrole nitrogens is 1. The zero-order valence-electron chi connectivity index (χ0n) is 16.7. The van der Waals surface area contributed by atoms with Crippen LogP contribution in [0.5, 0.6) is 0 Å². The molecule has 1 atom stereocenters. The summed E-state index contributed by atoms with van der Waals surface area (Å²) in [6.45, 7) is 0.919. The Bertz CT molecular complexity index is 1190. The van der Waals surface area contributed by atoms with Gasteiger partial charge in [-0.15, -0.1) is 0 Å². The van der Waals surface area contributed by atoms with Gasteiger partial charge in [0.1, 0.15) is 12.4 Å². The number of carbonyl (C=O) groups is 2. The summed E-state index contributed by atoms with van der Waals surface area (Å²) < 4.78 is 2.73. The fraction of sp³-hybridized carbons (Fsp3) is 0.174. The summed E-state index contributed by atoms with van der Waals surface area (Å²) in [4.78, 5) is 30.4. The molecule has 1 fully saturated rings. The summed E-state index contributed by atoms with van der Waals surface area (Å²) in [5, 5.41) is 14.1. The highest BCUT2D eigenvalue weighted by Crippen LogP contribution is 2.42. The third-order valence-electron chi connectivity index (χ3n) is 5.31. The Hall–Kier alpha value is -2.61. The number of nitrogens with zero attached hydrogens (tertiary/aromatic N) is 2. The highest BCUT2D eigenvalue weighted by atomic mass is 79.9. The third kappa shape index (κ3) is 4.46. The van der Waals surface area contributed by atoms with E-state index in [1.54, 1.807) is 55.0 Å². The molecule has 32 heavy (non-hydrogen) atoms. The van der Waals surface area contributed by atoms with Crippen LogP contribution in [0.25, 0.3) is 5.76 Å². The van der Waals surface area contributed by atoms with E-state index < -0.39 is 23.5 Å². The van der Waals surface area contributed by atoms with E-state index in [0.29, 0.717) is 29.1 Å². The lowest BCUT2D eigenvalue weighted by Crippen LogP contribution is -2.36. The Morgan fingerprint density at radius 3 is 2.56 bits per heavy atom. The number of halogens is 3. The van der Waals surface area contributed by atoms with E-state index in [1.807, 2.05) is 10.8 Å². The molecule has 1 unspecified atom stereocenters. The number of benzene rings is 2. The van der Waals surface area contributed by atoms with Crippen molar-refractivity contribution in [1.82, 2.24) is 9.88 Å². The molecule has 0 radical (unpaired) electrons. The Kier molecular flexibility index (Phi) is 6.69. The van der Waals surface area contributed by atoms with E-state index in [2.05, 4.69) is 20.9 Å². The molecule has 0 saturated carbocycles. The van der Waals surface area contributed by atoms with Crippen LogP contribution in [0, 0.1) is 0 Å². The Morgan fingerprint density at radius 2 is 1.91 bits per heavy atom. The van der Waals surface area contributed by atoms with Gasteiger partial charge in [-0.3, -0.25) is 14.6 Å². The quantitative estimate of drug-likeness (QED) is 0.227. The van der Waals surface area contributed by atoms with Crippen molar-refractivity contribution in [1.29, 1.82) is 0 Å². The second kappa shape index (κ2) is 9.48. The van der Waals surface area contributed by atoms with Crippen molar-refractivity contribution in [2.75, 3.05) is 6.54 Å². The zero-order valence-corrected chi connectivity index (χ0v) is 19.8. The lowest BCUT2D eigenvalue weighted by Gasteiger charge is -2.28. The molecule has 2 aromatic carbocycles. The third-order valence-corrected chi connectivity index (χ3v) is 6.40. The van der Waals surface area contributed by atoms with E-state index in [0.717, 1.165) is 4.47 Å². The fourth-order valence-corrected chi connectivity index (χ4v) is 4.56. The van der Waals surface area contributed by atoms with Gasteiger partial charge in [0.15, 0.2) is 0 Å². The van der Waals surface area contributed by atoms with Crippen molar-refractivity contribution < 1.29 is 19.3 Å². The van der Waals surface area contributed by atoms with Crippen molar-refractivity contribution in [2.24, 2.45) is 0 Å². The molecule has 1 aliphatic heterocycles. The number of Topliss-reactive ketones (excluding diaryl/α,β-unsaturated/α-hetero) is 1. The number of nitrogens with one attached hydrogen (secondary N) is 1. The largest absolute Gasteiger partial charge is 0.872 e. The van der Waals surface area contributed by atoms with Crippen LogP contribution in [-0.2, 0) is 16.1 Å². The highest BCUT2D eigenvalue weighted by Gasteiger charge is 2.44. The van der Waals surface area contributed by atoms with Crippen LogP contribution in [0.2, 0.25) is 10.0 Å². The number of likely N-dealkylation sites (tertiary alicyclic amines) is 1. The molecule has 1 aliphatic rings. The maximum absolute atomic E-state index is 13.4. The first-order valence-corrected chi connectivity index (χ1v) is 11.4. The molecule has 1 saturated heterocycles. The van der Waals surface area contributed by atoms with Crippen LogP contribution < -0.4 is 9.67 Å². The van der Waals surface area contributed by atoms with Gasteiger partial charge in [-0.25, -0.2) is 4.57 Å². The number of amides is 1. The molecule has 1 aromatic heterocycles. The lowest BCUT2D eigenvalue weighted by atomic mass is 9.95. The van der Waals surface area contributed by atoms with E-state index in [-0.39, 0.29) is 17.1 Å². The SMILES string of the molecule is O=C1C(=O)N(CCC[n+]2cc[nH]c2)C(c2ccc(Cl)cc2Cl)/C1=C(\[O-])c1ccc(Br)cc1. The molecule has 164 valence electrons. The van der Waals surface area contributed by atoms with Gasteiger partial charge >= 0.3 is 0 Å². The average Bonchev–Trinajstić information content (AvgIpc) is 3.36. The molecule has 1 amide bonds. The number of aryl methyl sites for hydroxylation is 1. The molecule has 2 heterocycles. The van der Waals surface area contributed by atoms with Crippen LogP contribution in [0.1, 0.15) is 23.6 Å². The van der Waals surface area contributed by atoms with Gasteiger partial charge < -0.3 is 10.0 Å². The van der Waals surface area contributed by atoms with Gasteiger partial charge in [-0.2, -0.15) is 0 Å². The van der Waals surface area contributed by atoms with Crippen LogP contribution in [0.15, 0.2) is 71.2 Å². The van der Waals surface area contributed by atoms with Crippen molar-refractivity contribution >= 4 is 56.6 Å². The molecular formula is C23H18BrCl2N3O3. The number of aromatic amines is 1. The molecule has 1 N–H and O–H groups in total. The number of hydrogen-bond donors (Lipinski definition) is 1. The van der Waals surface area contributed by atoms with Gasteiger partial charge in [0, 0.05) is 33.1 Å². The van der Waals surface area contributed by atoms with Gasteiger partial charge in [-0.05, 0) is 35.4 Å². The second-order valence-electron chi connectivity index (χ2n) is 7.35. The molecule has 6 nitrogen and oxygen atoms in total. The Morgan fingerprint density at radius 1 is 1.16 bits per heavy atom. The fourth-order valence-electron chi connectivity index (χ4n) is 3.79. The Balaban J connectivity index is 1.76. The minimum absolute atomic E-state index is 0.101. The smallest absolute Gasteiger partial charge is 0.295 e. The molecular weight excluding hydrogens is 517 g/mol. The first-order chi connectivity index (χ1) is 15.4. The van der Waals surface area contributed by atoms with Crippen LogP contribution in [0.4, 0.5) is 0 Å². The normalized spacial score (nSPS) is 17.8. The summed E-state index contributed by atoms with van der Waals surface area (Å²) >= 11 is 15.8. The van der Waals surface area contributed by atoms with Crippen LogP contribution in [-0.4, -0.2) is 28.1 Å². The predicted molar refractivity (Wildman–Crippen MR) is 123 cm³/mol. The summed E-state index contributed by atoms with van der Waals surface area (Å²) in [6, 6.07) is 10.6. The summed E-state index contributed by atoms with van der Waals surface area (Å²) in [5.74, 6) is -2.00. The maximum atomic E-state index is 13.4. The number of hydrogen-bond acceptors (Lipinski definition) is 3. The summed E-state index contributed by atoms with van der Waals surface area (Å²) in [7, 11) is 0. The molecule has 0 spiro atoms. The summed E-state index contributed by atoms with van der Waals surface area (Å²) in [6.07, 6.45) is 6.06. The summed E-state index contributed by atoms with van der Waals surface area (Å²) in [5.41, 5.74) is 0.713. The van der Waals surface area contributed by atoms with Crippen molar-refractivity contribution in [3.63, 3.8) is 0 Å². The molecule has 0 aliphatic carbocycles. The number of carbonyl (C=O) groups excluding carboxylic acids is 2. The van der Waals surface area contributed by atoms with Crippen molar-refractivity contribution in [3.05, 3.63) is 92.4 Å². The molecule has 4 rings (SSSR count). The predicted octanol–water partition coefficient (Wildman–Crippen LogP) is 3.69. The van der Waals surface area contributed by atoms with Crippen molar-refractivity contribution in [3.8, 4) is 0 Å². The molecule has 9 heteroatoms. The second-order valence-corrected chi connectivity index (χ2v) is 9.11. The minimum atomic E-state index is -0.882. The number of rotatable bonds is 6. The monoisotopic (exact) mass is 533 g/mol. The Labute approximate surface area is 203 Å². The first kappa shape index (κ1) is 22.6. The number of imidazole rings is 1. The van der Waals surface area contributed by atoms with Gasteiger partial charge in [-0.1, -0.05) is 63.1 Å². The average molecular weight is 535 g/mol. The van der Waals surface area contributed by atoms with Crippen molar-refractivity contribution in [2.45, 2.75) is 19.0 Å². The van der Waals surface area contributed by atoms with Gasteiger partial charge in [0.05, 0.1) is 12.6 Å². The van der Waals surface area contributed by atoms with Crippen LogP contribution >= 0.6 is 39.1 Å². The topological polar surface area (TPSA) is 80.1 Å². The molecule has 3 aromatic rings. The lowest BCUT2D eigenvalue weighted by molar-refractivity contribution is -0.695. The minimum Gasteiger partial charge on any atom is -0.872 e. The van der Waals surface area contributed by atoms with E-state index in [9.17, 15) is 14.7 Å². The van der Waals surface area contributed by atoms with E-state index in [4.69, 9.17) is 23.2 Å². The standard InChI is InChI=1S/C23H18BrCl2N3O3/c24-15-4-2-14(3-5-15)21(30)19-20(17-7-6-16(25)12-18(17)26)29(23(32)22(19)31)10-1-9-28-11-8-27-13-28/h2-8,11-13,20H,1,9-10H2,(H,30,31). The zero-order chi connectivity index (χ0) is 22.8. The van der Waals surface area contributed by atoms with Gasteiger partial charge in [0.25, 0.3) is 5.91 Å². The van der Waals surface area contributed by atoms with Gasteiger partial charge in [0.2, 0.25) is 12.1 Å². The number of aromatic nitrogens is 2. The van der Waals surface area contributed by atoms with E-state index in [1.165, 1.54) is 4.90 Å². The molecule has 0 bridgehead atoms. The van der Waals surface area contributed by atoms with E-state index >= 15 is 0 Å². The van der Waals surface area contributed by atoms with Crippen LogP contribution in [0.3, 0.4) is 0 Å².